The van der Waals surface area contributed by atoms with Gasteiger partial charge in [0, 0.05) is 75.6 Å². The van der Waals surface area contributed by atoms with E-state index in [9.17, 15) is 33.9 Å². The normalized spacial score (nSPS) is 13.4. The molecular weight excluding hydrogens is 1120 g/mol. The first-order valence-electron chi connectivity index (χ1n) is 29.1. The minimum absolute atomic E-state index is 0.0287. The summed E-state index contributed by atoms with van der Waals surface area (Å²) >= 11 is 5.87. The smallest absolute Gasteiger partial charge is 0.338 e. The fourth-order valence-electron chi connectivity index (χ4n) is 8.44. The number of thioether (sulfide) groups is 4. The molecule has 0 heterocycles. The molecule has 0 aliphatic carbocycles. The molecule has 450 valence electrons. The molecule has 4 aromatic rings. The highest BCUT2D eigenvalue weighted by Crippen LogP contribution is 2.39. The number of rotatable bonds is 46. The zero-order valence-electron chi connectivity index (χ0n) is 47.8. The van der Waals surface area contributed by atoms with Crippen LogP contribution in [0, 0.1) is 11.8 Å². The summed E-state index contributed by atoms with van der Waals surface area (Å²) in [6.45, 7) is 6.98. The lowest BCUT2D eigenvalue weighted by atomic mass is 10.00. The number of aliphatic carboxylic acids is 1. The number of carbonyl (C=O) groups excluding carboxylic acids is 5. The van der Waals surface area contributed by atoms with Gasteiger partial charge in [-0.1, -0.05) is 125 Å². The number of benzene rings is 4. The van der Waals surface area contributed by atoms with Gasteiger partial charge in [-0.05, 0) is 119 Å². The number of amides is 2. The third-order valence-electron chi connectivity index (χ3n) is 13.3. The highest BCUT2D eigenvalue weighted by atomic mass is 32.2. The van der Waals surface area contributed by atoms with E-state index in [-0.39, 0.29) is 53.5 Å². The Kier molecular flexibility index (Phi) is 36.9. The van der Waals surface area contributed by atoms with Crippen LogP contribution in [-0.2, 0) is 43.3 Å². The molecule has 0 aromatic heterocycles. The topological polar surface area (TPSA) is 237 Å². The molecule has 20 heteroatoms. The molecule has 0 aliphatic rings. The van der Waals surface area contributed by atoms with Crippen LogP contribution in [-0.4, -0.2) is 101 Å². The highest BCUT2D eigenvalue weighted by Gasteiger charge is 2.35. The van der Waals surface area contributed by atoms with Crippen LogP contribution in [0.1, 0.15) is 129 Å². The molecule has 0 bridgehead atoms. The van der Waals surface area contributed by atoms with Crippen molar-refractivity contribution in [3.63, 3.8) is 0 Å². The van der Waals surface area contributed by atoms with E-state index in [0.29, 0.717) is 58.5 Å². The van der Waals surface area contributed by atoms with Gasteiger partial charge in [-0.15, -0.1) is 47.0 Å². The van der Waals surface area contributed by atoms with Gasteiger partial charge in [0.25, 0.3) is 0 Å². The van der Waals surface area contributed by atoms with Crippen molar-refractivity contribution in [3.05, 3.63) is 121 Å². The largest absolute Gasteiger partial charge is 0.481 e. The number of hydrogen-bond acceptors (Lipinski definition) is 17. The number of nitrogens with two attached hydrogens (primary N) is 1. The van der Waals surface area contributed by atoms with Gasteiger partial charge in [-0.3, -0.25) is 24.0 Å². The van der Waals surface area contributed by atoms with Crippen LogP contribution in [0.15, 0.2) is 141 Å². The minimum Gasteiger partial charge on any atom is -0.481 e. The van der Waals surface area contributed by atoms with Crippen molar-refractivity contribution in [2.24, 2.45) is 17.6 Å². The van der Waals surface area contributed by atoms with Crippen molar-refractivity contribution in [2.45, 2.75) is 170 Å². The van der Waals surface area contributed by atoms with Gasteiger partial charge in [0.2, 0.25) is 11.8 Å². The van der Waals surface area contributed by atoms with Crippen molar-refractivity contribution in [2.75, 3.05) is 39.3 Å². The zero-order valence-corrected chi connectivity index (χ0v) is 51.1. The molecule has 0 radical (unpaired) electrons. The molecule has 6 unspecified atom stereocenters. The Morgan fingerprint density at radius 3 is 1.41 bits per heavy atom. The fraction of sp³-hybridized carbons (Fsp3) is 0.516. The van der Waals surface area contributed by atoms with Crippen LogP contribution in [0.2, 0.25) is 0 Å². The standard InChI is InChI=1S/C62H88N6O10S4/c1-47(54(80-50-31-15-10-16-32-50)46-58(71)77-67-43-27-7-5-24-40-64-56(69)37-21-22-38-57(70)76-66-42-26-4-3-23-39-63)59(82-52-35-19-12-20-36-52)60(72)65-41-25-6-8-28-44-68-78-62(75)55(81-51-33-17-11-18-34-51)45-53(48(2)61(73)74)79-49-29-13-9-14-30-49/h9-20,29-36,47-48,53-55,59,66-68H,3-8,21-28,37-46,63H2,1-2H3,(H,64,69)(H,65,72)(H,73,74). The number of unbranched alkanes of at least 4 members (excludes halogenated alkanes) is 10. The van der Waals surface area contributed by atoms with Gasteiger partial charge in [-0.25, -0.2) is 4.79 Å². The maximum Gasteiger partial charge on any atom is 0.338 e. The SMILES string of the molecule is CC(C(=O)O)C(CC(Sc1ccccc1)C(=O)ONCCCCCCNC(=O)C(Sc1ccccc1)C(C)C(CC(=O)ONCCCCCCNC(=O)CCCCC(=O)ONCCCCCCN)Sc1ccccc1)Sc1ccccc1. The molecule has 0 aliphatic heterocycles. The summed E-state index contributed by atoms with van der Waals surface area (Å²) in [7, 11) is 0. The molecule has 6 atom stereocenters. The van der Waals surface area contributed by atoms with Gasteiger partial charge in [-0.2, -0.15) is 16.4 Å². The summed E-state index contributed by atoms with van der Waals surface area (Å²) in [5, 5.41) is 14.3. The average molecular weight is 1210 g/mol. The third-order valence-corrected chi connectivity index (χ3v) is 18.8. The lowest BCUT2D eigenvalue weighted by Crippen LogP contribution is -2.41. The predicted octanol–water partition coefficient (Wildman–Crippen LogP) is 11.3. The van der Waals surface area contributed by atoms with E-state index in [0.717, 1.165) is 96.6 Å². The van der Waals surface area contributed by atoms with Crippen LogP contribution >= 0.6 is 47.0 Å². The summed E-state index contributed by atoms with van der Waals surface area (Å²) in [4.78, 5) is 97.5. The van der Waals surface area contributed by atoms with E-state index in [1.165, 1.54) is 35.3 Å². The molecule has 16 nitrogen and oxygen atoms in total. The quantitative estimate of drug-likeness (QED) is 0.00942. The summed E-state index contributed by atoms with van der Waals surface area (Å²) in [5.41, 5.74) is 13.9. The predicted molar refractivity (Wildman–Crippen MR) is 331 cm³/mol. The Balaban J connectivity index is 1.17. The van der Waals surface area contributed by atoms with E-state index in [1.54, 1.807) is 18.7 Å². The Bertz CT molecular complexity index is 2390. The molecule has 82 heavy (non-hydrogen) atoms. The van der Waals surface area contributed by atoms with Crippen LogP contribution in [0.3, 0.4) is 0 Å². The number of carboxylic acid groups (broad SMARTS) is 1. The molecule has 4 rings (SSSR count). The molecule has 0 saturated carbocycles. The van der Waals surface area contributed by atoms with Crippen LogP contribution in [0.25, 0.3) is 0 Å². The van der Waals surface area contributed by atoms with Crippen molar-refractivity contribution < 1.29 is 48.4 Å². The second-order valence-corrected chi connectivity index (χ2v) is 25.2. The monoisotopic (exact) mass is 1200 g/mol. The second kappa shape index (κ2) is 43.6. The van der Waals surface area contributed by atoms with Gasteiger partial charge in [0.05, 0.1) is 17.6 Å². The van der Waals surface area contributed by atoms with Gasteiger partial charge in [0.15, 0.2) is 0 Å². The average Bonchev–Trinajstić information content (AvgIpc) is 3.58. The second-order valence-electron chi connectivity index (χ2n) is 20.1. The molecule has 2 amide bonds. The first-order valence-corrected chi connectivity index (χ1v) is 32.6. The van der Waals surface area contributed by atoms with E-state index >= 15 is 0 Å². The molecule has 0 spiro atoms. The van der Waals surface area contributed by atoms with Crippen LogP contribution < -0.4 is 32.8 Å². The van der Waals surface area contributed by atoms with E-state index in [2.05, 4.69) is 27.1 Å². The maximum absolute atomic E-state index is 14.2. The van der Waals surface area contributed by atoms with Crippen LogP contribution in [0.5, 0.6) is 0 Å². The van der Waals surface area contributed by atoms with Crippen molar-refractivity contribution in [3.8, 4) is 0 Å². The Morgan fingerprint density at radius 1 is 0.476 bits per heavy atom. The van der Waals surface area contributed by atoms with Crippen LogP contribution in [0.4, 0.5) is 0 Å². The van der Waals surface area contributed by atoms with Crippen molar-refractivity contribution in [1.29, 1.82) is 0 Å². The number of hydrogen-bond donors (Lipinski definition) is 7. The van der Waals surface area contributed by atoms with Gasteiger partial charge in [0.1, 0.15) is 5.25 Å². The van der Waals surface area contributed by atoms with Crippen molar-refractivity contribution >= 4 is 82.7 Å². The number of carbonyl (C=O) groups is 6. The van der Waals surface area contributed by atoms with Crippen molar-refractivity contribution in [1.82, 2.24) is 27.1 Å². The summed E-state index contributed by atoms with van der Waals surface area (Å²) in [6.07, 6.45) is 12.8. The maximum atomic E-state index is 14.2. The number of carboxylic acids is 1. The fourth-order valence-corrected chi connectivity index (χ4v) is 13.5. The Morgan fingerprint density at radius 2 is 0.902 bits per heavy atom. The molecule has 8 N–H and O–H groups in total. The van der Waals surface area contributed by atoms with E-state index < -0.39 is 34.3 Å². The van der Waals surface area contributed by atoms with E-state index in [4.69, 9.17) is 20.2 Å². The van der Waals surface area contributed by atoms with Gasteiger partial charge >= 0.3 is 23.9 Å². The lowest BCUT2D eigenvalue weighted by Gasteiger charge is -2.29. The third kappa shape index (κ3) is 31.0. The first kappa shape index (κ1) is 69.4. The molecule has 4 aromatic carbocycles. The summed E-state index contributed by atoms with van der Waals surface area (Å²) in [5.74, 6) is -3.19. The Labute approximate surface area is 503 Å². The Hall–Kier alpha value is -5.06. The number of hydroxylamine groups is 3. The molecular formula is C62H88N6O10S4. The zero-order chi connectivity index (χ0) is 58.8. The molecule has 0 saturated heterocycles. The summed E-state index contributed by atoms with van der Waals surface area (Å²) in [6, 6.07) is 38.8. The first-order chi connectivity index (χ1) is 39.9. The van der Waals surface area contributed by atoms with E-state index in [1.807, 2.05) is 128 Å². The molecule has 0 fully saturated rings. The minimum atomic E-state index is -0.923. The number of nitrogens with one attached hydrogen (secondary N) is 5. The highest BCUT2D eigenvalue weighted by molar-refractivity contribution is 8.01. The lowest BCUT2D eigenvalue weighted by molar-refractivity contribution is -0.152. The summed E-state index contributed by atoms with van der Waals surface area (Å²) < 4.78 is 0. The van der Waals surface area contributed by atoms with Gasteiger partial charge < -0.3 is 36.0 Å².